The van der Waals surface area contributed by atoms with E-state index in [0.717, 1.165) is 38.4 Å². The molecule has 0 aliphatic heterocycles. The minimum atomic E-state index is 0.646. The largest absolute Gasteiger partial charge is 0.319 e. The van der Waals surface area contributed by atoms with Crippen LogP contribution >= 0.6 is 0 Å². The van der Waals surface area contributed by atoms with Gasteiger partial charge in [0.05, 0.1) is 6.54 Å². The van der Waals surface area contributed by atoms with E-state index >= 15 is 0 Å². The molecule has 17 heavy (non-hydrogen) atoms. The van der Waals surface area contributed by atoms with Crippen molar-refractivity contribution in [2.45, 2.75) is 33.4 Å². The first kappa shape index (κ1) is 14.1. The molecule has 0 aliphatic rings. The van der Waals surface area contributed by atoms with Crippen molar-refractivity contribution >= 4 is 0 Å². The van der Waals surface area contributed by atoms with Gasteiger partial charge in [-0.3, -0.25) is 4.90 Å². The summed E-state index contributed by atoms with van der Waals surface area (Å²) in [4.78, 5) is 6.63. The van der Waals surface area contributed by atoms with Crippen LogP contribution in [-0.2, 0) is 13.1 Å². The van der Waals surface area contributed by atoms with Gasteiger partial charge >= 0.3 is 0 Å². The van der Waals surface area contributed by atoms with Crippen molar-refractivity contribution in [3.8, 4) is 0 Å². The first-order valence-electron chi connectivity index (χ1n) is 6.37. The number of rotatable bonds is 8. The van der Waals surface area contributed by atoms with Gasteiger partial charge in [-0.15, -0.1) is 0 Å². The predicted octanol–water partition coefficient (Wildman–Crippen LogP) is 0.975. The van der Waals surface area contributed by atoms with Crippen LogP contribution in [0.25, 0.3) is 0 Å². The second-order valence-electron chi connectivity index (χ2n) is 4.76. The quantitative estimate of drug-likeness (QED) is 0.734. The number of aromatic nitrogens is 3. The van der Waals surface area contributed by atoms with Crippen molar-refractivity contribution < 1.29 is 0 Å². The monoisotopic (exact) mass is 239 g/mol. The van der Waals surface area contributed by atoms with Crippen LogP contribution in [0.4, 0.5) is 0 Å². The van der Waals surface area contributed by atoms with E-state index < -0.39 is 0 Å². The molecule has 0 saturated heterocycles. The third-order valence-electron chi connectivity index (χ3n) is 2.72. The Balaban J connectivity index is 2.44. The summed E-state index contributed by atoms with van der Waals surface area (Å²) in [6.07, 6.45) is 2.74. The zero-order valence-corrected chi connectivity index (χ0v) is 11.5. The van der Waals surface area contributed by atoms with E-state index in [0.29, 0.717) is 5.92 Å². The topological polar surface area (TPSA) is 46.0 Å². The molecule has 0 spiro atoms. The molecule has 5 heteroatoms. The number of aryl methyl sites for hydroxylation is 1. The first-order valence-corrected chi connectivity index (χ1v) is 6.37. The van der Waals surface area contributed by atoms with Crippen molar-refractivity contribution in [1.29, 1.82) is 0 Å². The van der Waals surface area contributed by atoms with Gasteiger partial charge in [0.25, 0.3) is 0 Å². The lowest BCUT2D eigenvalue weighted by molar-refractivity contribution is 0.265. The molecule has 0 aromatic carbocycles. The molecule has 1 unspecified atom stereocenters. The summed E-state index contributed by atoms with van der Waals surface area (Å²) in [6, 6.07) is 0. The third-order valence-corrected chi connectivity index (χ3v) is 2.72. The van der Waals surface area contributed by atoms with E-state index in [1.165, 1.54) is 0 Å². The lowest BCUT2D eigenvalue weighted by atomic mass is 10.1. The second-order valence-corrected chi connectivity index (χ2v) is 4.76. The van der Waals surface area contributed by atoms with E-state index in [9.17, 15) is 0 Å². The molecule has 1 aromatic rings. The summed E-state index contributed by atoms with van der Waals surface area (Å²) in [5, 5.41) is 7.44. The molecule has 0 saturated carbocycles. The molecule has 1 atom stereocenters. The first-order chi connectivity index (χ1) is 8.17. The summed E-state index contributed by atoms with van der Waals surface area (Å²) >= 11 is 0. The molecule has 0 amide bonds. The molecule has 1 N–H and O–H groups in total. The van der Waals surface area contributed by atoms with Gasteiger partial charge in [0.2, 0.25) is 0 Å². The highest BCUT2D eigenvalue weighted by atomic mass is 15.3. The molecule has 1 rings (SSSR count). The highest BCUT2D eigenvalue weighted by molar-refractivity contribution is 4.84. The van der Waals surface area contributed by atoms with Gasteiger partial charge in [-0.2, -0.15) is 5.10 Å². The van der Waals surface area contributed by atoms with Crippen molar-refractivity contribution in [2.75, 3.05) is 27.2 Å². The van der Waals surface area contributed by atoms with Crippen LogP contribution in [0, 0.1) is 5.92 Å². The molecule has 1 heterocycles. The zero-order valence-electron chi connectivity index (χ0n) is 11.5. The van der Waals surface area contributed by atoms with Crippen LogP contribution in [-0.4, -0.2) is 46.8 Å². The number of nitrogens with zero attached hydrogens (tertiary/aromatic N) is 4. The van der Waals surface area contributed by atoms with E-state index in [2.05, 4.69) is 41.2 Å². The summed E-state index contributed by atoms with van der Waals surface area (Å²) in [7, 11) is 4.13. The number of hydrogen-bond donors (Lipinski definition) is 1. The molecule has 0 fully saturated rings. The van der Waals surface area contributed by atoms with Gasteiger partial charge in [0.15, 0.2) is 0 Å². The SMILES string of the molecule is CCCn1ncnc1CN(C)CC(C)CNC. The Labute approximate surface area is 104 Å². The molecule has 0 aliphatic carbocycles. The van der Waals surface area contributed by atoms with Crippen LogP contribution in [0.1, 0.15) is 26.1 Å². The molecule has 1 aromatic heterocycles. The summed E-state index contributed by atoms with van der Waals surface area (Å²) in [5.74, 6) is 1.71. The average Bonchev–Trinajstić information content (AvgIpc) is 2.66. The fourth-order valence-corrected chi connectivity index (χ4v) is 2.06. The smallest absolute Gasteiger partial charge is 0.140 e. The fourth-order valence-electron chi connectivity index (χ4n) is 2.06. The van der Waals surface area contributed by atoms with E-state index in [4.69, 9.17) is 0 Å². The van der Waals surface area contributed by atoms with Crippen LogP contribution in [0.2, 0.25) is 0 Å². The predicted molar refractivity (Wildman–Crippen MR) is 69.7 cm³/mol. The third kappa shape index (κ3) is 4.83. The van der Waals surface area contributed by atoms with Crippen LogP contribution in [0.3, 0.4) is 0 Å². The Morgan fingerprint density at radius 2 is 2.29 bits per heavy atom. The van der Waals surface area contributed by atoms with Crippen LogP contribution in [0.5, 0.6) is 0 Å². The van der Waals surface area contributed by atoms with Gasteiger partial charge < -0.3 is 5.32 Å². The van der Waals surface area contributed by atoms with Gasteiger partial charge in [0.1, 0.15) is 12.2 Å². The maximum Gasteiger partial charge on any atom is 0.140 e. The van der Waals surface area contributed by atoms with Crippen molar-refractivity contribution in [3.05, 3.63) is 12.2 Å². The summed E-state index contributed by atoms with van der Waals surface area (Å²) < 4.78 is 2.00. The fraction of sp³-hybridized carbons (Fsp3) is 0.833. The van der Waals surface area contributed by atoms with E-state index in [1.54, 1.807) is 6.33 Å². The second kappa shape index (κ2) is 7.40. The summed E-state index contributed by atoms with van der Waals surface area (Å²) in [6.45, 7) is 8.35. The molecular weight excluding hydrogens is 214 g/mol. The minimum absolute atomic E-state index is 0.646. The molecule has 0 bridgehead atoms. The zero-order chi connectivity index (χ0) is 12.7. The van der Waals surface area contributed by atoms with E-state index in [-0.39, 0.29) is 0 Å². The van der Waals surface area contributed by atoms with Crippen molar-refractivity contribution in [2.24, 2.45) is 5.92 Å². The Kier molecular flexibility index (Phi) is 6.15. The Morgan fingerprint density at radius 1 is 1.53 bits per heavy atom. The van der Waals surface area contributed by atoms with Gasteiger partial charge in [-0.1, -0.05) is 13.8 Å². The van der Waals surface area contributed by atoms with E-state index in [1.807, 2.05) is 11.7 Å². The molecule has 0 radical (unpaired) electrons. The van der Waals surface area contributed by atoms with Crippen molar-refractivity contribution in [3.63, 3.8) is 0 Å². The lowest BCUT2D eigenvalue weighted by Crippen LogP contribution is -2.30. The molecular formula is C12H25N5. The average molecular weight is 239 g/mol. The number of nitrogens with one attached hydrogen (secondary N) is 1. The highest BCUT2D eigenvalue weighted by Gasteiger charge is 2.10. The summed E-state index contributed by atoms with van der Waals surface area (Å²) in [5.41, 5.74) is 0. The number of hydrogen-bond acceptors (Lipinski definition) is 4. The molecule has 98 valence electrons. The van der Waals surface area contributed by atoms with Crippen molar-refractivity contribution in [1.82, 2.24) is 25.0 Å². The minimum Gasteiger partial charge on any atom is -0.319 e. The maximum absolute atomic E-state index is 4.32. The lowest BCUT2D eigenvalue weighted by Gasteiger charge is -2.20. The maximum atomic E-state index is 4.32. The van der Waals surface area contributed by atoms with Crippen LogP contribution in [0.15, 0.2) is 6.33 Å². The highest BCUT2D eigenvalue weighted by Crippen LogP contribution is 2.03. The standard InChI is InChI=1S/C12H25N5/c1-5-6-17-12(14-10-15-17)9-16(4)8-11(2)7-13-3/h10-11,13H,5-9H2,1-4H3. The Bertz CT molecular complexity index is 310. The van der Waals surface area contributed by atoms with Crippen LogP contribution < -0.4 is 5.32 Å². The normalized spacial score (nSPS) is 13.2. The van der Waals surface area contributed by atoms with Gasteiger partial charge in [-0.05, 0) is 33.0 Å². The van der Waals surface area contributed by atoms with Gasteiger partial charge in [0, 0.05) is 13.1 Å². The molecule has 5 nitrogen and oxygen atoms in total. The Morgan fingerprint density at radius 3 is 2.94 bits per heavy atom. The Hall–Kier alpha value is -0.940. The van der Waals surface area contributed by atoms with Gasteiger partial charge in [-0.25, -0.2) is 9.67 Å².